The van der Waals surface area contributed by atoms with E-state index in [9.17, 15) is 9.90 Å². The monoisotopic (exact) mass is 227 g/mol. The number of anilines is 1. The molecular formula is C10H10ClNO3. The quantitative estimate of drug-likeness (QED) is 0.801. The van der Waals surface area contributed by atoms with Crippen LogP contribution in [-0.4, -0.2) is 24.4 Å². The number of phenolic OH excluding ortho intramolecular Hbond substituents is 1. The number of ether oxygens (including phenoxy) is 1. The van der Waals surface area contributed by atoms with Gasteiger partial charge >= 0.3 is 6.09 Å². The summed E-state index contributed by atoms with van der Waals surface area (Å²) < 4.78 is 4.79. The molecule has 15 heavy (non-hydrogen) atoms. The molecule has 1 fully saturated rings. The molecule has 1 aromatic rings. The van der Waals surface area contributed by atoms with Crippen LogP contribution in [0.5, 0.6) is 5.75 Å². The van der Waals surface area contributed by atoms with Crippen LogP contribution in [0.1, 0.15) is 5.56 Å². The number of benzene rings is 1. The summed E-state index contributed by atoms with van der Waals surface area (Å²) in [6.45, 7) is 2.55. The Kier molecular flexibility index (Phi) is 2.44. The fraction of sp³-hybridized carbons (Fsp3) is 0.300. The van der Waals surface area contributed by atoms with Gasteiger partial charge in [0, 0.05) is 6.07 Å². The molecule has 1 saturated heterocycles. The van der Waals surface area contributed by atoms with Gasteiger partial charge in [-0.25, -0.2) is 4.79 Å². The van der Waals surface area contributed by atoms with Gasteiger partial charge in [-0.1, -0.05) is 11.6 Å². The van der Waals surface area contributed by atoms with Crippen LogP contribution >= 0.6 is 11.6 Å². The van der Waals surface area contributed by atoms with Gasteiger partial charge in [-0.05, 0) is 18.6 Å². The zero-order valence-electron chi connectivity index (χ0n) is 8.16. The Morgan fingerprint density at radius 2 is 2.27 bits per heavy atom. The molecular weight excluding hydrogens is 218 g/mol. The van der Waals surface area contributed by atoms with Crippen LogP contribution in [0, 0.1) is 6.92 Å². The minimum absolute atomic E-state index is 0.120. The van der Waals surface area contributed by atoms with E-state index in [-0.39, 0.29) is 5.75 Å². The van der Waals surface area contributed by atoms with Crippen molar-refractivity contribution in [1.29, 1.82) is 0 Å². The Morgan fingerprint density at radius 1 is 1.53 bits per heavy atom. The first-order valence-corrected chi connectivity index (χ1v) is 4.91. The van der Waals surface area contributed by atoms with Crippen LogP contribution in [0.3, 0.4) is 0 Å². The van der Waals surface area contributed by atoms with E-state index >= 15 is 0 Å². The van der Waals surface area contributed by atoms with Crippen molar-refractivity contribution in [3.63, 3.8) is 0 Å². The smallest absolute Gasteiger partial charge is 0.414 e. The average Bonchev–Trinajstić information content (AvgIpc) is 2.58. The summed E-state index contributed by atoms with van der Waals surface area (Å²) in [5.41, 5.74) is 1.17. The highest BCUT2D eigenvalue weighted by molar-refractivity contribution is 6.34. The summed E-state index contributed by atoms with van der Waals surface area (Å²) in [4.78, 5) is 12.7. The van der Waals surface area contributed by atoms with Gasteiger partial charge in [0.1, 0.15) is 12.4 Å². The third-order valence-corrected chi connectivity index (χ3v) is 2.62. The predicted molar refractivity (Wildman–Crippen MR) is 56.5 cm³/mol. The van der Waals surface area contributed by atoms with Gasteiger partial charge in [0.05, 0.1) is 17.3 Å². The van der Waals surface area contributed by atoms with Crippen molar-refractivity contribution in [2.45, 2.75) is 6.92 Å². The van der Waals surface area contributed by atoms with E-state index < -0.39 is 6.09 Å². The van der Waals surface area contributed by atoms with Crippen molar-refractivity contribution in [2.75, 3.05) is 18.1 Å². The van der Waals surface area contributed by atoms with E-state index in [0.717, 1.165) is 0 Å². The van der Waals surface area contributed by atoms with E-state index in [2.05, 4.69) is 0 Å². The molecule has 1 aliphatic rings. The minimum Gasteiger partial charge on any atom is -0.508 e. The Bertz CT molecular complexity index is 419. The maximum atomic E-state index is 11.3. The Balaban J connectivity index is 2.43. The number of carbonyl (C=O) groups is 1. The molecule has 80 valence electrons. The standard InChI is InChI=1S/C10H10ClNO3/c1-6-4-7(11)8(5-9(6)13)12-2-3-15-10(12)14/h4-5,13H,2-3H2,1H3. The molecule has 4 nitrogen and oxygen atoms in total. The lowest BCUT2D eigenvalue weighted by Gasteiger charge is -2.15. The van der Waals surface area contributed by atoms with Crippen LogP contribution in [0.25, 0.3) is 0 Å². The molecule has 0 saturated carbocycles. The van der Waals surface area contributed by atoms with Crippen molar-refractivity contribution in [3.8, 4) is 5.75 Å². The zero-order chi connectivity index (χ0) is 11.0. The summed E-state index contributed by atoms with van der Waals surface area (Å²) in [5, 5.41) is 9.97. The van der Waals surface area contributed by atoms with Crippen LogP contribution < -0.4 is 4.90 Å². The Morgan fingerprint density at radius 3 is 2.87 bits per heavy atom. The summed E-state index contributed by atoms with van der Waals surface area (Å²) in [5.74, 6) is 0.120. The van der Waals surface area contributed by atoms with Crippen LogP contribution in [0.15, 0.2) is 12.1 Å². The van der Waals surface area contributed by atoms with Gasteiger partial charge in [-0.2, -0.15) is 0 Å². The molecule has 1 heterocycles. The summed E-state index contributed by atoms with van der Waals surface area (Å²) in [7, 11) is 0. The first-order valence-electron chi connectivity index (χ1n) is 4.53. The van der Waals surface area contributed by atoms with Gasteiger partial charge in [0.2, 0.25) is 0 Å². The average molecular weight is 228 g/mol. The molecule has 0 unspecified atom stereocenters. The first kappa shape index (κ1) is 10.1. The van der Waals surface area contributed by atoms with Gasteiger partial charge in [0.15, 0.2) is 0 Å². The summed E-state index contributed by atoms with van der Waals surface area (Å²) in [6, 6.07) is 3.10. The fourth-order valence-corrected chi connectivity index (χ4v) is 1.79. The number of aryl methyl sites for hydroxylation is 1. The molecule has 1 aliphatic heterocycles. The molecule has 0 atom stereocenters. The van der Waals surface area contributed by atoms with E-state index in [0.29, 0.717) is 29.4 Å². The first-order chi connectivity index (χ1) is 7.09. The molecule has 0 radical (unpaired) electrons. The number of rotatable bonds is 1. The number of carbonyl (C=O) groups excluding carboxylic acids is 1. The number of hydrogen-bond acceptors (Lipinski definition) is 3. The number of phenols is 1. The lowest BCUT2D eigenvalue weighted by molar-refractivity contribution is 0.181. The van der Waals surface area contributed by atoms with E-state index in [1.54, 1.807) is 13.0 Å². The van der Waals surface area contributed by atoms with Crippen LogP contribution in [0.4, 0.5) is 10.5 Å². The highest BCUT2D eigenvalue weighted by Gasteiger charge is 2.26. The van der Waals surface area contributed by atoms with Crippen molar-refractivity contribution in [1.82, 2.24) is 0 Å². The Labute approximate surface area is 92.0 Å². The number of hydrogen-bond donors (Lipinski definition) is 1. The van der Waals surface area contributed by atoms with Gasteiger partial charge in [0.25, 0.3) is 0 Å². The molecule has 0 aliphatic carbocycles. The maximum Gasteiger partial charge on any atom is 0.414 e. The van der Waals surface area contributed by atoms with Gasteiger partial charge in [-0.15, -0.1) is 0 Å². The number of cyclic esters (lactones) is 1. The summed E-state index contributed by atoms with van der Waals surface area (Å²) >= 11 is 5.99. The van der Waals surface area contributed by atoms with Gasteiger partial charge in [-0.3, -0.25) is 4.90 Å². The molecule has 0 aromatic heterocycles. The topological polar surface area (TPSA) is 49.8 Å². The number of halogens is 1. The number of nitrogens with zero attached hydrogens (tertiary/aromatic N) is 1. The molecule has 2 rings (SSSR count). The fourth-order valence-electron chi connectivity index (χ4n) is 1.47. The van der Waals surface area contributed by atoms with Crippen molar-refractivity contribution in [2.24, 2.45) is 0 Å². The maximum absolute atomic E-state index is 11.3. The normalized spacial score (nSPS) is 15.6. The van der Waals surface area contributed by atoms with E-state index in [1.807, 2.05) is 0 Å². The lowest BCUT2D eigenvalue weighted by Crippen LogP contribution is -2.23. The highest BCUT2D eigenvalue weighted by Crippen LogP contribution is 2.33. The molecule has 5 heteroatoms. The molecule has 1 amide bonds. The molecule has 1 aromatic carbocycles. The zero-order valence-corrected chi connectivity index (χ0v) is 8.91. The number of aromatic hydroxyl groups is 1. The van der Waals surface area contributed by atoms with E-state index in [4.69, 9.17) is 16.3 Å². The lowest BCUT2D eigenvalue weighted by atomic mass is 10.2. The second kappa shape index (κ2) is 3.62. The van der Waals surface area contributed by atoms with Crippen molar-refractivity contribution >= 4 is 23.4 Å². The van der Waals surface area contributed by atoms with Crippen molar-refractivity contribution < 1.29 is 14.6 Å². The molecule has 0 spiro atoms. The van der Waals surface area contributed by atoms with Crippen molar-refractivity contribution in [3.05, 3.63) is 22.7 Å². The Hall–Kier alpha value is -1.42. The SMILES string of the molecule is Cc1cc(Cl)c(N2CCOC2=O)cc1O. The number of amides is 1. The molecule has 0 bridgehead atoms. The second-order valence-electron chi connectivity index (χ2n) is 3.36. The molecule has 1 N–H and O–H groups in total. The van der Waals surface area contributed by atoms with Crippen LogP contribution in [-0.2, 0) is 4.74 Å². The summed E-state index contributed by atoms with van der Waals surface area (Å²) in [6.07, 6.45) is -0.430. The van der Waals surface area contributed by atoms with E-state index in [1.165, 1.54) is 11.0 Å². The van der Waals surface area contributed by atoms with Gasteiger partial charge < -0.3 is 9.84 Å². The second-order valence-corrected chi connectivity index (χ2v) is 3.76. The third kappa shape index (κ3) is 1.72. The van der Waals surface area contributed by atoms with Crippen LogP contribution in [0.2, 0.25) is 5.02 Å². The highest BCUT2D eigenvalue weighted by atomic mass is 35.5. The predicted octanol–water partition coefficient (Wildman–Crippen LogP) is 2.31. The largest absolute Gasteiger partial charge is 0.508 e. The third-order valence-electron chi connectivity index (χ3n) is 2.32. The minimum atomic E-state index is -0.430.